The van der Waals surface area contributed by atoms with Gasteiger partial charge in [-0.1, -0.05) is 23.7 Å². The number of carbonyl (C=O) groups excluding carboxylic acids is 2. The number of piperazine rings is 1. The summed E-state index contributed by atoms with van der Waals surface area (Å²) in [5.41, 5.74) is 7.47. The second-order valence-corrected chi connectivity index (χ2v) is 13.7. The van der Waals surface area contributed by atoms with Crippen molar-refractivity contribution >= 4 is 40.9 Å². The van der Waals surface area contributed by atoms with E-state index in [1.165, 1.54) is 12.4 Å². The highest BCUT2D eigenvalue weighted by Gasteiger charge is 2.42. The van der Waals surface area contributed by atoms with E-state index in [0.29, 0.717) is 59.7 Å². The highest BCUT2D eigenvalue weighted by molar-refractivity contribution is 6.31. The number of amides is 2. The van der Waals surface area contributed by atoms with Crippen molar-refractivity contribution in [3.05, 3.63) is 52.7 Å². The number of rotatable bonds is 12. The molecule has 0 radical (unpaired) electrons. The molecule has 2 amide bonds. The Kier molecular flexibility index (Phi) is 11.1. The first kappa shape index (κ1) is 35.3. The van der Waals surface area contributed by atoms with E-state index in [9.17, 15) is 9.59 Å². The monoisotopic (exact) mass is 680 g/mol. The molecule has 2 aromatic carbocycles. The minimum absolute atomic E-state index is 0.0814. The predicted molar refractivity (Wildman–Crippen MR) is 189 cm³/mol. The van der Waals surface area contributed by atoms with Crippen LogP contribution in [0.4, 0.5) is 5.69 Å². The number of nitrogens with zero attached hydrogens (tertiary/aromatic N) is 3. The molecule has 0 bridgehead atoms. The van der Waals surface area contributed by atoms with Gasteiger partial charge in [0.25, 0.3) is 5.91 Å². The number of carbonyl (C=O) groups is 2. The number of nitrogens with one attached hydrogen (secondary N) is 2. The first-order valence-corrected chi connectivity index (χ1v) is 17.2. The Balaban J connectivity index is 1.39. The van der Waals surface area contributed by atoms with Crippen LogP contribution < -0.4 is 30.2 Å². The van der Waals surface area contributed by atoms with Crippen LogP contribution in [0.15, 0.2) is 36.5 Å². The van der Waals surface area contributed by atoms with Crippen LogP contribution in [0.2, 0.25) is 5.02 Å². The van der Waals surface area contributed by atoms with Gasteiger partial charge in [-0.15, -0.1) is 0 Å². The molecule has 11 nitrogen and oxygen atoms in total. The van der Waals surface area contributed by atoms with E-state index in [2.05, 4.69) is 10.2 Å². The van der Waals surface area contributed by atoms with Crippen molar-refractivity contribution in [1.82, 2.24) is 15.1 Å². The second kappa shape index (κ2) is 15.1. The maximum Gasteiger partial charge on any atom is 0.266 e. The lowest BCUT2D eigenvalue weighted by molar-refractivity contribution is -0.146. The SMILES string of the molecule is COc1ccc(OC(C)(C)C(=O)N2CCNCC2)c(OC)c1N1CCC[C@@H](C(=O)N(C2CC2)C(C)c2ccc(/C(C=N)=C/N)cc2Cl)C1. The third-order valence-corrected chi connectivity index (χ3v) is 9.91. The van der Waals surface area contributed by atoms with Crippen LogP contribution in [0.5, 0.6) is 17.2 Å². The fourth-order valence-electron chi connectivity index (χ4n) is 6.90. The van der Waals surface area contributed by atoms with Gasteiger partial charge in [0.05, 0.1) is 26.2 Å². The maximum atomic E-state index is 14.4. The molecule has 3 fully saturated rings. The van der Waals surface area contributed by atoms with Gasteiger partial charge in [0.15, 0.2) is 17.1 Å². The van der Waals surface area contributed by atoms with Crippen LogP contribution in [-0.4, -0.2) is 93.0 Å². The summed E-state index contributed by atoms with van der Waals surface area (Å²) >= 11 is 6.78. The van der Waals surface area contributed by atoms with E-state index in [1.54, 1.807) is 40.2 Å². The number of hydrogen-bond acceptors (Lipinski definition) is 9. The average molecular weight is 681 g/mol. The first-order chi connectivity index (χ1) is 23.0. The number of allylic oxidation sites excluding steroid dienone is 1. The zero-order chi connectivity index (χ0) is 34.6. The number of nitrogens with two attached hydrogens (primary N) is 1. The zero-order valence-corrected chi connectivity index (χ0v) is 29.4. The van der Waals surface area contributed by atoms with Gasteiger partial charge >= 0.3 is 0 Å². The molecule has 260 valence electrons. The minimum Gasteiger partial charge on any atom is -0.494 e. The van der Waals surface area contributed by atoms with Crippen molar-refractivity contribution in [3.63, 3.8) is 0 Å². The first-order valence-electron chi connectivity index (χ1n) is 16.8. The molecule has 1 unspecified atom stereocenters. The Morgan fingerprint density at radius 3 is 2.40 bits per heavy atom. The quantitative estimate of drug-likeness (QED) is 0.271. The maximum absolute atomic E-state index is 14.4. The molecule has 3 aliphatic rings. The molecule has 2 atom stereocenters. The number of ether oxygens (including phenoxy) is 3. The van der Waals surface area contributed by atoms with E-state index in [-0.39, 0.29) is 29.8 Å². The van der Waals surface area contributed by atoms with Crippen LogP contribution in [0.25, 0.3) is 5.57 Å². The van der Waals surface area contributed by atoms with Crippen molar-refractivity contribution in [1.29, 1.82) is 5.41 Å². The van der Waals surface area contributed by atoms with Crippen LogP contribution in [0.3, 0.4) is 0 Å². The number of benzene rings is 2. The Morgan fingerprint density at radius 2 is 1.79 bits per heavy atom. The van der Waals surface area contributed by atoms with Crippen LogP contribution in [0, 0.1) is 11.3 Å². The second-order valence-electron chi connectivity index (χ2n) is 13.2. The number of piperidine rings is 1. The summed E-state index contributed by atoms with van der Waals surface area (Å²) < 4.78 is 18.2. The van der Waals surface area contributed by atoms with E-state index < -0.39 is 5.60 Å². The Labute approximate surface area is 288 Å². The van der Waals surface area contributed by atoms with E-state index in [0.717, 1.165) is 49.9 Å². The van der Waals surface area contributed by atoms with E-state index in [4.69, 9.17) is 37.0 Å². The van der Waals surface area contributed by atoms with Crippen LogP contribution >= 0.6 is 11.6 Å². The summed E-state index contributed by atoms with van der Waals surface area (Å²) in [6.07, 6.45) is 6.06. The predicted octanol–water partition coefficient (Wildman–Crippen LogP) is 4.86. The van der Waals surface area contributed by atoms with Gasteiger partial charge in [-0.05, 0) is 75.8 Å². The topological polar surface area (TPSA) is 133 Å². The molecule has 1 saturated carbocycles. The highest BCUT2D eigenvalue weighted by Crippen LogP contribution is 2.47. The molecule has 2 aromatic rings. The largest absolute Gasteiger partial charge is 0.494 e. The van der Waals surface area contributed by atoms with Gasteiger partial charge in [0.2, 0.25) is 5.91 Å². The van der Waals surface area contributed by atoms with Gasteiger partial charge < -0.3 is 45.4 Å². The highest BCUT2D eigenvalue weighted by atomic mass is 35.5. The van der Waals surface area contributed by atoms with Gasteiger partial charge in [0.1, 0.15) is 11.4 Å². The van der Waals surface area contributed by atoms with Crippen molar-refractivity contribution in [2.45, 2.75) is 64.1 Å². The molecule has 2 aliphatic heterocycles. The third-order valence-electron chi connectivity index (χ3n) is 9.58. The lowest BCUT2D eigenvalue weighted by Gasteiger charge is -2.39. The molecular weight excluding hydrogens is 632 g/mol. The van der Waals surface area contributed by atoms with Crippen molar-refractivity contribution in [2.75, 3.05) is 58.4 Å². The lowest BCUT2D eigenvalue weighted by atomic mass is 9.93. The fourth-order valence-corrected chi connectivity index (χ4v) is 7.24. The summed E-state index contributed by atoms with van der Waals surface area (Å²) in [6.45, 7) is 9.55. The minimum atomic E-state index is -1.13. The summed E-state index contributed by atoms with van der Waals surface area (Å²) in [5.74, 6) is 1.28. The lowest BCUT2D eigenvalue weighted by Crippen LogP contribution is -2.54. The third kappa shape index (κ3) is 7.37. The molecule has 48 heavy (non-hydrogen) atoms. The van der Waals surface area contributed by atoms with Crippen molar-refractivity contribution in [2.24, 2.45) is 11.7 Å². The smallest absolute Gasteiger partial charge is 0.266 e. The zero-order valence-electron chi connectivity index (χ0n) is 28.7. The molecule has 4 N–H and O–H groups in total. The molecule has 2 heterocycles. The summed E-state index contributed by atoms with van der Waals surface area (Å²) in [7, 11) is 3.20. The number of methoxy groups -OCH3 is 2. The Hall–Kier alpha value is -3.96. The normalized spacial score (nSPS) is 19.4. The standard InChI is InChI=1S/C36H49ClN6O5/c1-23(28-11-8-24(19-29(28)37)26(20-38)21-39)43(27-9-10-27)34(44)25-7-6-16-42(22-25)32-30(46-4)12-13-31(33(32)47-5)48-36(2,3)35(45)41-17-14-40-15-18-41/h8,11-13,19-21,23,25,27,38,40H,6-7,9-10,14-18,22,39H2,1-5H3/b26-21+,38-20?/t23?,25-/m1/s1. The van der Waals surface area contributed by atoms with E-state index >= 15 is 0 Å². The molecule has 0 aromatic heterocycles. The molecule has 2 saturated heterocycles. The number of halogens is 1. The summed E-state index contributed by atoms with van der Waals surface area (Å²) in [4.78, 5) is 33.9. The number of anilines is 1. The fraction of sp³-hybridized carbons (Fsp3) is 0.528. The van der Waals surface area contributed by atoms with Gasteiger partial charge in [-0.2, -0.15) is 0 Å². The van der Waals surface area contributed by atoms with Crippen molar-refractivity contribution < 1.29 is 23.8 Å². The Bertz CT molecular complexity index is 1540. The summed E-state index contributed by atoms with van der Waals surface area (Å²) in [6, 6.07) is 9.17. The molecule has 5 rings (SSSR count). The van der Waals surface area contributed by atoms with Gasteiger partial charge in [-0.25, -0.2) is 0 Å². The Morgan fingerprint density at radius 1 is 1.08 bits per heavy atom. The average Bonchev–Trinajstić information content (AvgIpc) is 3.94. The number of hydrogen-bond donors (Lipinski definition) is 3. The molecule has 1 aliphatic carbocycles. The molecule has 0 spiro atoms. The molecular formula is C36H49ClN6O5. The molecule has 12 heteroatoms. The van der Waals surface area contributed by atoms with Gasteiger partial charge in [0, 0.05) is 68.3 Å². The van der Waals surface area contributed by atoms with Crippen molar-refractivity contribution in [3.8, 4) is 17.2 Å². The van der Waals surface area contributed by atoms with E-state index in [1.807, 2.05) is 34.9 Å². The summed E-state index contributed by atoms with van der Waals surface area (Å²) in [5, 5.41) is 11.4. The van der Waals surface area contributed by atoms with Gasteiger partial charge in [-0.3, -0.25) is 9.59 Å². The van der Waals surface area contributed by atoms with Crippen LogP contribution in [0.1, 0.15) is 63.6 Å². The van der Waals surface area contributed by atoms with Crippen LogP contribution in [-0.2, 0) is 9.59 Å².